The summed E-state index contributed by atoms with van der Waals surface area (Å²) in [4.78, 5) is 33.1. The minimum Gasteiger partial charge on any atom is -0.342 e. The highest BCUT2D eigenvalue weighted by molar-refractivity contribution is 5.98. The zero-order valence-electron chi connectivity index (χ0n) is 17.2. The fourth-order valence-corrected chi connectivity index (χ4v) is 3.95. The first-order valence-electron chi connectivity index (χ1n) is 9.88. The van der Waals surface area contributed by atoms with Gasteiger partial charge in [0.1, 0.15) is 12.1 Å². The molecule has 2 amide bonds. The van der Waals surface area contributed by atoms with Crippen molar-refractivity contribution in [3.63, 3.8) is 0 Å². The third kappa shape index (κ3) is 3.18. The van der Waals surface area contributed by atoms with Gasteiger partial charge in [-0.25, -0.2) is 4.98 Å². The topological polar surface area (TPSA) is 77.3 Å². The maximum atomic E-state index is 12.9. The number of likely N-dealkylation sites (N-methyl/N-ethyl adjacent to an activating group) is 1. The third-order valence-corrected chi connectivity index (χ3v) is 5.81. The standard InChI is InChI=1S/C24H22N4O2/c1-15-19-6-4-5-7-21(19)26-22(20(15)14-25)17-8-10-18(11-9-17)24(30)28-13-12-27(3)23(29)16(28)2/h4-11,16H,12-13H2,1-3H3. The summed E-state index contributed by atoms with van der Waals surface area (Å²) in [6, 6.07) is 16.6. The van der Waals surface area contributed by atoms with Gasteiger partial charge >= 0.3 is 0 Å². The van der Waals surface area contributed by atoms with Crippen LogP contribution >= 0.6 is 0 Å². The number of pyridine rings is 1. The molecule has 0 spiro atoms. The SMILES string of the molecule is Cc1c(C#N)c(-c2ccc(C(=O)N3CCN(C)C(=O)C3C)cc2)nc2ccccc12. The average molecular weight is 398 g/mol. The second-order valence-electron chi connectivity index (χ2n) is 7.60. The average Bonchev–Trinajstić information content (AvgIpc) is 2.77. The molecule has 2 aromatic carbocycles. The summed E-state index contributed by atoms with van der Waals surface area (Å²) >= 11 is 0. The number of rotatable bonds is 2. The molecule has 0 radical (unpaired) electrons. The molecule has 1 fully saturated rings. The predicted octanol–water partition coefficient (Wildman–Crippen LogP) is 3.38. The first kappa shape index (κ1) is 19.6. The number of carbonyl (C=O) groups is 2. The number of aryl methyl sites for hydroxylation is 1. The molecule has 0 N–H and O–H groups in total. The van der Waals surface area contributed by atoms with E-state index in [-0.39, 0.29) is 11.8 Å². The van der Waals surface area contributed by atoms with Crippen LogP contribution in [0.2, 0.25) is 0 Å². The first-order valence-corrected chi connectivity index (χ1v) is 9.88. The quantitative estimate of drug-likeness (QED) is 0.663. The Morgan fingerprint density at radius 3 is 2.53 bits per heavy atom. The molecule has 30 heavy (non-hydrogen) atoms. The fraction of sp³-hybridized carbons (Fsp3) is 0.250. The lowest BCUT2D eigenvalue weighted by molar-refractivity contribution is -0.137. The van der Waals surface area contributed by atoms with E-state index >= 15 is 0 Å². The van der Waals surface area contributed by atoms with Crippen molar-refractivity contribution in [2.24, 2.45) is 0 Å². The van der Waals surface area contributed by atoms with Gasteiger partial charge in [0.25, 0.3) is 5.91 Å². The van der Waals surface area contributed by atoms with E-state index in [0.717, 1.165) is 22.0 Å². The predicted molar refractivity (Wildman–Crippen MR) is 115 cm³/mol. The number of aromatic nitrogens is 1. The molecule has 1 unspecified atom stereocenters. The number of hydrogen-bond acceptors (Lipinski definition) is 4. The Morgan fingerprint density at radius 1 is 1.13 bits per heavy atom. The molecule has 6 nitrogen and oxygen atoms in total. The lowest BCUT2D eigenvalue weighted by atomic mass is 9.97. The number of para-hydroxylation sites is 1. The number of nitriles is 1. The molecule has 1 saturated heterocycles. The molecule has 1 atom stereocenters. The summed E-state index contributed by atoms with van der Waals surface area (Å²) in [5.41, 5.74) is 4.15. The van der Waals surface area contributed by atoms with Gasteiger partial charge in [0.05, 0.1) is 16.8 Å². The first-order chi connectivity index (χ1) is 14.4. The smallest absolute Gasteiger partial charge is 0.254 e. The number of fused-ring (bicyclic) bond motifs is 1. The molecule has 3 aromatic rings. The van der Waals surface area contributed by atoms with Crippen molar-refractivity contribution in [3.05, 3.63) is 65.2 Å². The summed E-state index contributed by atoms with van der Waals surface area (Å²) in [6.07, 6.45) is 0. The van der Waals surface area contributed by atoms with Crippen LogP contribution in [0.4, 0.5) is 0 Å². The number of carbonyl (C=O) groups excluding carboxylic acids is 2. The third-order valence-electron chi connectivity index (χ3n) is 5.81. The Morgan fingerprint density at radius 2 is 1.83 bits per heavy atom. The van der Waals surface area contributed by atoms with Crippen molar-refractivity contribution in [1.82, 2.24) is 14.8 Å². The second-order valence-corrected chi connectivity index (χ2v) is 7.60. The number of hydrogen-bond donors (Lipinski definition) is 0. The lowest BCUT2D eigenvalue weighted by Gasteiger charge is -2.37. The Kier molecular flexibility index (Phi) is 4.96. The van der Waals surface area contributed by atoms with Crippen LogP contribution in [-0.4, -0.2) is 52.8 Å². The van der Waals surface area contributed by atoms with Crippen LogP contribution in [0.3, 0.4) is 0 Å². The van der Waals surface area contributed by atoms with Crippen LogP contribution in [-0.2, 0) is 4.79 Å². The number of nitrogens with zero attached hydrogens (tertiary/aromatic N) is 4. The Hall–Kier alpha value is -3.72. The van der Waals surface area contributed by atoms with Gasteiger partial charge in [-0.05, 0) is 37.6 Å². The molecular formula is C24H22N4O2. The molecule has 1 aliphatic rings. The Bertz CT molecular complexity index is 1190. The molecule has 1 aromatic heterocycles. The number of benzene rings is 2. The highest BCUT2D eigenvalue weighted by Gasteiger charge is 2.32. The van der Waals surface area contributed by atoms with Crippen LogP contribution in [0.1, 0.15) is 28.4 Å². The number of piperazine rings is 1. The van der Waals surface area contributed by atoms with E-state index in [0.29, 0.717) is 29.9 Å². The summed E-state index contributed by atoms with van der Waals surface area (Å²) in [7, 11) is 1.75. The van der Waals surface area contributed by atoms with Crippen molar-refractivity contribution in [2.75, 3.05) is 20.1 Å². The van der Waals surface area contributed by atoms with Gasteiger partial charge in [-0.1, -0.05) is 30.3 Å². The summed E-state index contributed by atoms with van der Waals surface area (Å²) in [5, 5.41) is 10.7. The van der Waals surface area contributed by atoms with Crippen LogP contribution in [0.15, 0.2) is 48.5 Å². The minimum absolute atomic E-state index is 0.0549. The monoisotopic (exact) mass is 398 g/mol. The second kappa shape index (κ2) is 7.60. The van der Waals surface area contributed by atoms with E-state index in [1.165, 1.54) is 0 Å². The fourth-order valence-electron chi connectivity index (χ4n) is 3.95. The van der Waals surface area contributed by atoms with Gasteiger partial charge in [-0.15, -0.1) is 0 Å². The Balaban J connectivity index is 1.69. The molecular weight excluding hydrogens is 376 g/mol. The highest BCUT2D eigenvalue weighted by Crippen LogP contribution is 2.29. The maximum Gasteiger partial charge on any atom is 0.254 e. The molecule has 150 valence electrons. The molecule has 2 heterocycles. The molecule has 6 heteroatoms. The summed E-state index contributed by atoms with van der Waals surface area (Å²) in [6.45, 7) is 4.72. The normalized spacial score (nSPS) is 16.6. The van der Waals surface area contributed by atoms with E-state index in [1.54, 1.807) is 35.9 Å². The lowest BCUT2D eigenvalue weighted by Crippen LogP contribution is -2.56. The summed E-state index contributed by atoms with van der Waals surface area (Å²) in [5.74, 6) is -0.223. The van der Waals surface area contributed by atoms with Gasteiger partial charge in [-0.2, -0.15) is 5.26 Å². The molecule has 0 aliphatic carbocycles. The van der Waals surface area contributed by atoms with Crippen LogP contribution < -0.4 is 0 Å². The van der Waals surface area contributed by atoms with Crippen molar-refractivity contribution in [3.8, 4) is 17.3 Å². The zero-order chi connectivity index (χ0) is 21.4. The van der Waals surface area contributed by atoms with E-state index in [4.69, 9.17) is 4.98 Å². The van der Waals surface area contributed by atoms with Crippen molar-refractivity contribution in [2.45, 2.75) is 19.9 Å². The van der Waals surface area contributed by atoms with E-state index in [1.807, 2.05) is 43.3 Å². The van der Waals surface area contributed by atoms with Gasteiger partial charge < -0.3 is 9.80 Å². The zero-order valence-corrected chi connectivity index (χ0v) is 17.2. The van der Waals surface area contributed by atoms with E-state index in [9.17, 15) is 14.9 Å². The summed E-state index contributed by atoms with van der Waals surface area (Å²) < 4.78 is 0. The van der Waals surface area contributed by atoms with Crippen LogP contribution in [0, 0.1) is 18.3 Å². The Labute approximate surface area is 175 Å². The molecule has 1 aliphatic heterocycles. The number of amides is 2. The van der Waals surface area contributed by atoms with Gasteiger partial charge in [-0.3, -0.25) is 9.59 Å². The van der Waals surface area contributed by atoms with Crippen LogP contribution in [0.25, 0.3) is 22.2 Å². The highest BCUT2D eigenvalue weighted by atomic mass is 16.2. The molecule has 4 rings (SSSR count). The van der Waals surface area contributed by atoms with Gasteiger partial charge in [0.15, 0.2) is 0 Å². The van der Waals surface area contributed by atoms with Gasteiger partial charge in [0.2, 0.25) is 5.91 Å². The largest absolute Gasteiger partial charge is 0.342 e. The van der Waals surface area contributed by atoms with Gasteiger partial charge in [0, 0.05) is 36.7 Å². The maximum absolute atomic E-state index is 12.9. The van der Waals surface area contributed by atoms with E-state index in [2.05, 4.69) is 6.07 Å². The van der Waals surface area contributed by atoms with Crippen molar-refractivity contribution < 1.29 is 9.59 Å². The minimum atomic E-state index is -0.481. The van der Waals surface area contributed by atoms with Crippen molar-refractivity contribution in [1.29, 1.82) is 5.26 Å². The van der Waals surface area contributed by atoms with E-state index < -0.39 is 6.04 Å². The van der Waals surface area contributed by atoms with Crippen LogP contribution in [0.5, 0.6) is 0 Å². The molecule has 0 saturated carbocycles. The van der Waals surface area contributed by atoms with Crippen molar-refractivity contribution >= 4 is 22.7 Å². The molecule has 0 bridgehead atoms.